The highest BCUT2D eigenvalue weighted by atomic mass is 31.2. The van der Waals surface area contributed by atoms with Crippen LogP contribution in [0.5, 0.6) is 0 Å². The van der Waals surface area contributed by atoms with Crippen LogP contribution in [0, 0.1) is 0 Å². The van der Waals surface area contributed by atoms with Gasteiger partial charge in [-0.05, 0) is 116 Å². The van der Waals surface area contributed by atoms with Crippen LogP contribution in [0.1, 0.15) is 367 Å². The topological polar surface area (TPSA) is 231 Å². The number of aliphatic hydroxyl groups excluding tert-OH is 2. The van der Waals surface area contributed by atoms with Crippen LogP contribution in [0.3, 0.4) is 0 Å². The first-order valence-electron chi connectivity index (χ1n) is 43.5. The number of carbonyl (C=O) groups excluding carboxylic acids is 3. The van der Waals surface area contributed by atoms with Crippen molar-refractivity contribution in [1.82, 2.24) is 0 Å². The molecule has 18 heteroatoms. The molecule has 4 N–H and O–H groups in total. The fraction of sp³-hybridized carbons (Fsp3) is 0.725. The molecule has 109 heavy (non-hydrogen) atoms. The molecule has 0 aliphatic carbocycles. The van der Waals surface area contributed by atoms with Gasteiger partial charge in [-0.3, -0.25) is 32.5 Å². The lowest BCUT2D eigenvalue weighted by Crippen LogP contribution is -2.30. The van der Waals surface area contributed by atoms with E-state index in [0.717, 1.165) is 148 Å². The van der Waals surface area contributed by atoms with E-state index in [1.54, 1.807) is 0 Å². The number of phosphoric ester groups is 2. The van der Waals surface area contributed by atoms with Crippen LogP contribution >= 0.6 is 15.6 Å². The number of carbonyl (C=O) groups is 3. The first-order chi connectivity index (χ1) is 53.2. The van der Waals surface area contributed by atoms with E-state index in [-0.39, 0.29) is 19.3 Å². The minimum atomic E-state index is -4.93. The molecule has 5 atom stereocenters. The maximum atomic E-state index is 13.0. The summed E-state index contributed by atoms with van der Waals surface area (Å²) < 4.78 is 61.3. The van der Waals surface area contributed by atoms with E-state index >= 15 is 0 Å². The van der Waals surface area contributed by atoms with E-state index in [1.807, 2.05) is 0 Å². The van der Waals surface area contributed by atoms with Gasteiger partial charge >= 0.3 is 33.6 Å². The number of aliphatic hydroxyl groups is 2. The first kappa shape index (κ1) is 105. The van der Waals surface area contributed by atoms with E-state index in [2.05, 4.69) is 154 Å². The van der Waals surface area contributed by atoms with Crippen molar-refractivity contribution in [2.75, 3.05) is 39.6 Å². The Hall–Kier alpha value is -4.31. The number of ether oxygens (including phenoxy) is 3. The van der Waals surface area contributed by atoms with Crippen molar-refractivity contribution in [2.24, 2.45) is 0 Å². The second kappa shape index (κ2) is 83.1. The zero-order valence-electron chi connectivity index (χ0n) is 68.9. The van der Waals surface area contributed by atoms with E-state index < -0.39 is 91.5 Å². The molecule has 0 spiro atoms. The summed E-state index contributed by atoms with van der Waals surface area (Å²) in [5.74, 6) is -1.56. The van der Waals surface area contributed by atoms with Crippen molar-refractivity contribution in [1.29, 1.82) is 0 Å². The van der Waals surface area contributed by atoms with Crippen molar-refractivity contribution in [3.05, 3.63) is 134 Å². The molecule has 5 unspecified atom stereocenters. The SMILES string of the molecule is CC/C=C\C/C=C\C/C=C\C/C=C\C/C=C\C/C=C\CCCCCCCCCCCCCCC(=O)OCC(O)COP(=O)(O)OCC(O)COP(=O)(O)OCC(COC(=O)CCCCCCCCCCCCCCC/C=C\C/C=C\C/C=C\C/C=C\C/C=C\CC)OC(=O)CCCCCCCCCCCCCCC. The highest BCUT2D eigenvalue weighted by molar-refractivity contribution is 7.47. The van der Waals surface area contributed by atoms with E-state index in [0.29, 0.717) is 19.3 Å². The molecule has 0 bridgehead atoms. The van der Waals surface area contributed by atoms with Gasteiger partial charge in [0.25, 0.3) is 0 Å². The molecule has 0 radical (unpaired) electrons. The molecule has 0 saturated carbocycles. The number of esters is 3. The van der Waals surface area contributed by atoms with Crippen molar-refractivity contribution in [3.8, 4) is 0 Å². The lowest BCUT2D eigenvalue weighted by Gasteiger charge is -2.21. The normalized spacial score (nSPS) is 14.5. The van der Waals surface area contributed by atoms with E-state index in [4.69, 9.17) is 32.3 Å². The third kappa shape index (κ3) is 84.4. The van der Waals surface area contributed by atoms with E-state index in [1.165, 1.54) is 161 Å². The Morgan fingerprint density at radius 2 is 0.486 bits per heavy atom. The van der Waals surface area contributed by atoms with Crippen LogP contribution in [0.25, 0.3) is 0 Å². The molecule has 0 aliphatic heterocycles. The Bertz CT molecular complexity index is 2510. The van der Waals surface area contributed by atoms with Gasteiger partial charge in [-0.2, -0.15) is 0 Å². The molecule has 0 rings (SSSR count). The largest absolute Gasteiger partial charge is 0.472 e. The fourth-order valence-electron chi connectivity index (χ4n) is 11.8. The molecule has 0 aliphatic rings. The summed E-state index contributed by atoms with van der Waals surface area (Å²) in [6.45, 7) is 2.50. The van der Waals surface area contributed by atoms with Crippen LogP contribution < -0.4 is 0 Å². The molecule has 0 aromatic rings. The van der Waals surface area contributed by atoms with Gasteiger partial charge in [-0.25, -0.2) is 9.13 Å². The standard InChI is InChI=1S/C91H158O16P2/c1-4-7-10-13-16-19-22-25-27-29-31-33-35-37-39-41-42-44-46-47-49-51-53-55-57-60-62-65-68-71-74-77-89(94)101-80-86(92)81-103-108(97,98)104-82-87(93)83-105-109(99,100)106-85-88(107-91(96)79-76-73-70-67-64-59-24-21-18-15-12-9-6-3)84-102-90(95)78-75-72-69-66-63-61-58-56-54-52-50-48-45-43-40-38-36-34-32-30-28-26-23-20-17-14-11-8-5-2/h7-8,10-11,16-17,19-20,25-28,31-34,37-40,42,44,86-88,92-93H,4-6,9,12-15,18,21-24,29-30,35-36,41,43,45-85H2,1-3H3,(H,97,98)(H,99,100)/b10-7-,11-8-,19-16-,20-17-,27-25-,28-26-,33-31-,34-32-,39-37-,40-38-,44-42-. The zero-order chi connectivity index (χ0) is 79.4. The highest BCUT2D eigenvalue weighted by Gasteiger charge is 2.29. The smallest absolute Gasteiger partial charge is 0.463 e. The van der Waals surface area contributed by atoms with Crippen LogP contribution in [-0.2, 0) is 55.8 Å². The predicted molar refractivity (Wildman–Crippen MR) is 454 cm³/mol. The Morgan fingerprint density at radius 1 is 0.266 bits per heavy atom. The van der Waals surface area contributed by atoms with Crippen LogP contribution in [0.15, 0.2) is 134 Å². The Morgan fingerprint density at radius 3 is 0.771 bits per heavy atom. The second-order valence-corrected chi connectivity index (χ2v) is 31.8. The Balaban J connectivity index is 4.45. The average Bonchev–Trinajstić information content (AvgIpc) is 0.916. The maximum Gasteiger partial charge on any atom is 0.472 e. The van der Waals surface area contributed by atoms with Gasteiger partial charge in [0.15, 0.2) is 6.10 Å². The summed E-state index contributed by atoms with van der Waals surface area (Å²) in [7, 11) is -9.79. The quantitative estimate of drug-likeness (QED) is 0.0146. The zero-order valence-corrected chi connectivity index (χ0v) is 70.7. The van der Waals surface area contributed by atoms with Gasteiger partial charge in [0.1, 0.15) is 25.4 Å². The summed E-state index contributed by atoms with van der Waals surface area (Å²) in [6, 6.07) is 0. The Kier molecular flexibility index (Phi) is 79.8. The molecule has 0 aromatic carbocycles. The van der Waals surface area contributed by atoms with Gasteiger partial charge in [0.05, 0.1) is 26.4 Å². The summed E-state index contributed by atoms with van der Waals surface area (Å²) in [5, 5.41) is 20.7. The molecular weight excluding hydrogens is 1410 g/mol. The molecule has 0 heterocycles. The summed E-state index contributed by atoms with van der Waals surface area (Å²) >= 11 is 0. The number of hydrogen-bond acceptors (Lipinski definition) is 14. The van der Waals surface area contributed by atoms with Crippen LogP contribution in [-0.4, -0.2) is 95.9 Å². The van der Waals surface area contributed by atoms with Gasteiger partial charge in [0, 0.05) is 19.3 Å². The van der Waals surface area contributed by atoms with Crippen molar-refractivity contribution < 1.29 is 75.8 Å². The summed E-state index contributed by atoms with van der Waals surface area (Å²) in [5.41, 5.74) is 0. The highest BCUT2D eigenvalue weighted by Crippen LogP contribution is 2.45. The number of allylic oxidation sites excluding steroid dienone is 22. The molecule has 16 nitrogen and oxygen atoms in total. The first-order valence-corrected chi connectivity index (χ1v) is 46.5. The summed E-state index contributed by atoms with van der Waals surface area (Å²) in [6.07, 6.45) is 102. The molecule has 0 amide bonds. The molecule has 0 aromatic heterocycles. The van der Waals surface area contributed by atoms with Gasteiger partial charge < -0.3 is 34.2 Å². The fourth-order valence-corrected chi connectivity index (χ4v) is 13.4. The number of phosphoric acid groups is 2. The number of unbranched alkanes of at least 4 members (excludes halogenated alkanes) is 37. The third-order valence-electron chi connectivity index (χ3n) is 18.4. The van der Waals surface area contributed by atoms with Crippen molar-refractivity contribution in [2.45, 2.75) is 386 Å². The Labute approximate surface area is 665 Å². The maximum absolute atomic E-state index is 13.0. The van der Waals surface area contributed by atoms with Gasteiger partial charge in [-0.15, -0.1) is 0 Å². The molecule has 0 saturated heterocycles. The number of hydrogen-bond donors (Lipinski definition) is 4. The molecular formula is C91H158O16P2. The van der Waals surface area contributed by atoms with Crippen LogP contribution in [0.2, 0.25) is 0 Å². The monoisotopic (exact) mass is 1570 g/mol. The van der Waals surface area contributed by atoms with Gasteiger partial charge in [-0.1, -0.05) is 366 Å². The third-order valence-corrected chi connectivity index (χ3v) is 20.3. The van der Waals surface area contributed by atoms with E-state index in [9.17, 15) is 43.5 Å². The average molecular weight is 1570 g/mol. The van der Waals surface area contributed by atoms with Crippen molar-refractivity contribution in [3.63, 3.8) is 0 Å². The minimum Gasteiger partial charge on any atom is -0.463 e. The second-order valence-electron chi connectivity index (χ2n) is 28.9. The molecule has 628 valence electrons. The van der Waals surface area contributed by atoms with Crippen molar-refractivity contribution >= 4 is 33.6 Å². The predicted octanol–water partition coefficient (Wildman–Crippen LogP) is 26.2. The lowest BCUT2D eigenvalue weighted by atomic mass is 10.0. The number of rotatable bonds is 82. The summed E-state index contributed by atoms with van der Waals surface area (Å²) in [4.78, 5) is 58.8. The molecule has 0 fully saturated rings. The van der Waals surface area contributed by atoms with Gasteiger partial charge in [0.2, 0.25) is 0 Å². The lowest BCUT2D eigenvalue weighted by molar-refractivity contribution is -0.161. The minimum absolute atomic E-state index is 0.107. The van der Waals surface area contributed by atoms with Crippen LogP contribution in [0.4, 0.5) is 0 Å².